The van der Waals surface area contributed by atoms with Crippen molar-refractivity contribution < 1.29 is 4.74 Å². The molecule has 90 valence electrons. The maximum atomic E-state index is 5.96. The van der Waals surface area contributed by atoms with Crippen LogP contribution in [0.2, 0.25) is 0 Å². The summed E-state index contributed by atoms with van der Waals surface area (Å²) < 4.78 is 5.47. The number of hydrogen-bond donors (Lipinski definition) is 1. The molecule has 0 spiro atoms. The van der Waals surface area contributed by atoms with E-state index in [0.29, 0.717) is 12.5 Å². The summed E-state index contributed by atoms with van der Waals surface area (Å²) in [6, 6.07) is 0. The molecule has 1 aliphatic heterocycles. The normalized spacial score (nSPS) is 25.8. The Labute approximate surface area is 97.7 Å². The number of nitrogens with two attached hydrogens (primary N) is 1. The van der Waals surface area contributed by atoms with Gasteiger partial charge in [-0.15, -0.1) is 0 Å². The molecule has 1 heterocycles. The van der Waals surface area contributed by atoms with Crippen LogP contribution in [0.1, 0.15) is 13.3 Å². The summed E-state index contributed by atoms with van der Waals surface area (Å²) in [6.45, 7) is 5.86. The van der Waals surface area contributed by atoms with Crippen LogP contribution in [0, 0.1) is 5.92 Å². The standard InChI is InChI=1S/C11H24N2OS/c1-11(9-12,10-4-6-14-8-10)13(2)5-7-15-3/h10H,4-9,12H2,1-3H3. The van der Waals surface area contributed by atoms with Crippen molar-refractivity contribution >= 4 is 11.8 Å². The smallest absolute Gasteiger partial charge is 0.0513 e. The van der Waals surface area contributed by atoms with Crippen LogP contribution in [0.25, 0.3) is 0 Å². The third kappa shape index (κ3) is 3.09. The van der Waals surface area contributed by atoms with E-state index in [-0.39, 0.29) is 5.54 Å². The van der Waals surface area contributed by atoms with Gasteiger partial charge in [0.05, 0.1) is 6.61 Å². The van der Waals surface area contributed by atoms with Gasteiger partial charge >= 0.3 is 0 Å². The van der Waals surface area contributed by atoms with Gasteiger partial charge in [-0.2, -0.15) is 11.8 Å². The Kier molecular flexibility index (Phi) is 5.39. The van der Waals surface area contributed by atoms with Crippen molar-refractivity contribution in [1.82, 2.24) is 4.90 Å². The first-order chi connectivity index (χ1) is 7.15. The molecule has 0 saturated carbocycles. The largest absolute Gasteiger partial charge is 0.381 e. The maximum absolute atomic E-state index is 5.96. The van der Waals surface area contributed by atoms with Gasteiger partial charge in [0, 0.05) is 36.9 Å². The molecule has 1 saturated heterocycles. The van der Waals surface area contributed by atoms with Crippen LogP contribution >= 0.6 is 11.8 Å². The highest BCUT2D eigenvalue weighted by Crippen LogP contribution is 2.29. The number of rotatable bonds is 6. The van der Waals surface area contributed by atoms with E-state index in [1.807, 2.05) is 11.8 Å². The molecule has 0 bridgehead atoms. The predicted octanol–water partition coefficient (Wildman–Crippen LogP) is 1.04. The Morgan fingerprint density at radius 2 is 2.33 bits per heavy atom. The highest BCUT2D eigenvalue weighted by Gasteiger charge is 2.38. The number of ether oxygens (including phenoxy) is 1. The van der Waals surface area contributed by atoms with Gasteiger partial charge in [0.15, 0.2) is 0 Å². The van der Waals surface area contributed by atoms with Crippen LogP contribution < -0.4 is 5.73 Å². The fourth-order valence-electron chi connectivity index (χ4n) is 2.14. The first kappa shape index (κ1) is 13.3. The van der Waals surface area contributed by atoms with Crippen molar-refractivity contribution in [2.45, 2.75) is 18.9 Å². The Morgan fingerprint density at radius 1 is 1.60 bits per heavy atom. The van der Waals surface area contributed by atoms with Gasteiger partial charge in [-0.05, 0) is 26.6 Å². The second-order valence-corrected chi connectivity index (χ2v) is 5.52. The molecule has 3 nitrogen and oxygen atoms in total. The fourth-order valence-corrected chi connectivity index (χ4v) is 2.60. The first-order valence-electron chi connectivity index (χ1n) is 5.63. The monoisotopic (exact) mass is 232 g/mol. The van der Waals surface area contributed by atoms with Gasteiger partial charge in [-0.1, -0.05) is 0 Å². The summed E-state index contributed by atoms with van der Waals surface area (Å²) >= 11 is 1.89. The summed E-state index contributed by atoms with van der Waals surface area (Å²) in [6.07, 6.45) is 3.30. The van der Waals surface area contributed by atoms with Crippen LogP contribution in [0.15, 0.2) is 0 Å². The van der Waals surface area contributed by atoms with E-state index in [4.69, 9.17) is 10.5 Å². The number of likely N-dealkylation sites (N-methyl/N-ethyl adjacent to an activating group) is 1. The van der Waals surface area contributed by atoms with E-state index in [1.165, 1.54) is 5.75 Å². The average Bonchev–Trinajstić information content (AvgIpc) is 2.78. The van der Waals surface area contributed by atoms with Crippen LogP contribution in [-0.2, 0) is 4.74 Å². The third-order valence-corrected chi connectivity index (χ3v) is 4.32. The highest BCUT2D eigenvalue weighted by molar-refractivity contribution is 7.98. The molecule has 15 heavy (non-hydrogen) atoms. The molecule has 0 aliphatic carbocycles. The molecule has 0 amide bonds. The van der Waals surface area contributed by atoms with Gasteiger partial charge in [0.25, 0.3) is 0 Å². The Bertz CT molecular complexity index is 185. The van der Waals surface area contributed by atoms with Crippen molar-refractivity contribution in [3.8, 4) is 0 Å². The van der Waals surface area contributed by atoms with Crippen LogP contribution in [0.5, 0.6) is 0 Å². The number of thioether (sulfide) groups is 1. The summed E-state index contributed by atoms with van der Waals surface area (Å²) in [5.41, 5.74) is 6.06. The predicted molar refractivity (Wildman–Crippen MR) is 67.4 cm³/mol. The summed E-state index contributed by atoms with van der Waals surface area (Å²) in [7, 11) is 2.18. The average molecular weight is 232 g/mol. The van der Waals surface area contributed by atoms with Crippen LogP contribution in [0.3, 0.4) is 0 Å². The summed E-state index contributed by atoms with van der Waals surface area (Å²) in [5, 5.41) is 0. The van der Waals surface area contributed by atoms with Crippen LogP contribution in [0.4, 0.5) is 0 Å². The van der Waals surface area contributed by atoms with E-state index >= 15 is 0 Å². The minimum atomic E-state index is 0.103. The van der Waals surface area contributed by atoms with Crippen molar-refractivity contribution in [1.29, 1.82) is 0 Å². The molecular formula is C11H24N2OS. The summed E-state index contributed by atoms with van der Waals surface area (Å²) in [4.78, 5) is 2.41. The highest BCUT2D eigenvalue weighted by atomic mass is 32.2. The molecule has 2 N–H and O–H groups in total. The quantitative estimate of drug-likeness (QED) is 0.742. The molecule has 0 aromatic rings. The molecule has 0 aromatic heterocycles. The van der Waals surface area contributed by atoms with E-state index in [0.717, 1.165) is 26.2 Å². The van der Waals surface area contributed by atoms with Gasteiger partial charge < -0.3 is 10.5 Å². The lowest BCUT2D eigenvalue weighted by Gasteiger charge is -2.42. The Hall–Kier alpha value is 0.230. The maximum Gasteiger partial charge on any atom is 0.0513 e. The van der Waals surface area contributed by atoms with Crippen molar-refractivity contribution in [2.24, 2.45) is 11.7 Å². The number of nitrogens with zero attached hydrogens (tertiary/aromatic N) is 1. The second kappa shape index (κ2) is 6.09. The van der Waals surface area contributed by atoms with E-state index in [9.17, 15) is 0 Å². The molecule has 4 heteroatoms. The SMILES string of the molecule is CSCCN(C)C(C)(CN)C1CCOC1. The molecule has 0 aromatic carbocycles. The second-order valence-electron chi connectivity index (χ2n) is 4.54. The molecule has 0 radical (unpaired) electrons. The number of hydrogen-bond acceptors (Lipinski definition) is 4. The first-order valence-corrected chi connectivity index (χ1v) is 7.02. The van der Waals surface area contributed by atoms with Crippen molar-refractivity contribution in [3.05, 3.63) is 0 Å². The molecular weight excluding hydrogens is 208 g/mol. The topological polar surface area (TPSA) is 38.5 Å². The van der Waals surface area contributed by atoms with Gasteiger partial charge in [0.2, 0.25) is 0 Å². The summed E-state index contributed by atoms with van der Waals surface area (Å²) in [5.74, 6) is 1.76. The van der Waals surface area contributed by atoms with Crippen molar-refractivity contribution in [3.63, 3.8) is 0 Å². The molecule has 1 fully saturated rings. The molecule has 2 unspecified atom stereocenters. The lowest BCUT2D eigenvalue weighted by atomic mass is 9.83. The third-order valence-electron chi connectivity index (χ3n) is 3.73. The van der Waals surface area contributed by atoms with E-state index < -0.39 is 0 Å². The van der Waals surface area contributed by atoms with Gasteiger partial charge in [-0.3, -0.25) is 4.90 Å². The van der Waals surface area contributed by atoms with Crippen molar-refractivity contribution in [2.75, 3.05) is 45.4 Å². The minimum absolute atomic E-state index is 0.103. The Balaban J connectivity index is 2.56. The zero-order valence-electron chi connectivity index (χ0n) is 10.2. The van der Waals surface area contributed by atoms with Crippen LogP contribution in [-0.4, -0.2) is 55.8 Å². The zero-order valence-corrected chi connectivity index (χ0v) is 11.0. The Morgan fingerprint density at radius 3 is 2.80 bits per heavy atom. The molecule has 1 aliphatic rings. The molecule has 2 atom stereocenters. The van der Waals surface area contributed by atoms with Gasteiger partial charge in [0.1, 0.15) is 0 Å². The zero-order chi connectivity index (χ0) is 11.3. The minimum Gasteiger partial charge on any atom is -0.381 e. The lowest BCUT2D eigenvalue weighted by Crippen LogP contribution is -2.55. The fraction of sp³-hybridized carbons (Fsp3) is 1.00. The molecule has 1 rings (SSSR count). The van der Waals surface area contributed by atoms with Gasteiger partial charge in [-0.25, -0.2) is 0 Å². The van der Waals surface area contributed by atoms with E-state index in [1.54, 1.807) is 0 Å². The lowest BCUT2D eigenvalue weighted by molar-refractivity contribution is 0.0719. The van der Waals surface area contributed by atoms with E-state index in [2.05, 4.69) is 25.1 Å².